The summed E-state index contributed by atoms with van der Waals surface area (Å²) in [4.78, 5) is 31.4. The summed E-state index contributed by atoms with van der Waals surface area (Å²) in [6, 6.07) is 6.77. The minimum atomic E-state index is -0.388. The van der Waals surface area contributed by atoms with Crippen LogP contribution in [0.2, 0.25) is 0 Å². The van der Waals surface area contributed by atoms with Gasteiger partial charge in [-0.05, 0) is 49.7 Å². The number of aromatic nitrogens is 3. The van der Waals surface area contributed by atoms with Crippen molar-refractivity contribution in [2.24, 2.45) is 0 Å². The van der Waals surface area contributed by atoms with Gasteiger partial charge >= 0.3 is 0 Å². The van der Waals surface area contributed by atoms with Crippen LogP contribution in [-0.4, -0.2) is 57.9 Å². The summed E-state index contributed by atoms with van der Waals surface area (Å²) in [6.07, 6.45) is 3.24. The van der Waals surface area contributed by atoms with Crippen LogP contribution in [0, 0.1) is 5.82 Å². The third-order valence-electron chi connectivity index (χ3n) is 6.98. The van der Waals surface area contributed by atoms with Crippen LogP contribution in [0.5, 0.6) is 11.5 Å². The number of nitrogens with zero attached hydrogens (tertiary/aromatic N) is 4. The van der Waals surface area contributed by atoms with E-state index in [9.17, 15) is 14.0 Å². The van der Waals surface area contributed by atoms with E-state index in [0.29, 0.717) is 55.8 Å². The maximum absolute atomic E-state index is 14.3. The Morgan fingerprint density at radius 1 is 1.09 bits per heavy atom. The molecule has 1 atom stereocenters. The molecule has 1 N–H and O–H groups in total. The van der Waals surface area contributed by atoms with Crippen LogP contribution in [0.25, 0.3) is 11.2 Å². The van der Waals surface area contributed by atoms with Crippen molar-refractivity contribution < 1.29 is 13.9 Å². The fraction of sp³-hybridized carbons (Fsp3) is 0.458. The topological polar surface area (TPSA) is 90.6 Å². The maximum Gasteiger partial charge on any atom is 0.270 e. The SMILES string of the molecule is Cl.O=c1ccc2ncc(=O)n3c2n1C[C@H]3CN1CCC(NCc2cc(F)c3c(c2)OCCO3)CC1. The van der Waals surface area contributed by atoms with Gasteiger partial charge in [0.15, 0.2) is 17.3 Å². The summed E-state index contributed by atoms with van der Waals surface area (Å²) in [5.74, 6) is 0.279. The molecule has 6 rings (SSSR count). The van der Waals surface area contributed by atoms with E-state index >= 15 is 0 Å². The number of fused-ring (bicyclic) bond motifs is 1. The maximum atomic E-state index is 14.3. The average molecular weight is 504 g/mol. The molecule has 186 valence electrons. The number of halogens is 2. The zero-order valence-electron chi connectivity index (χ0n) is 19.1. The fourth-order valence-electron chi connectivity index (χ4n) is 5.31. The molecule has 0 spiro atoms. The Hall–Kier alpha value is -2.95. The van der Waals surface area contributed by atoms with Gasteiger partial charge < -0.3 is 19.7 Å². The number of nitrogens with one attached hydrogen (secondary N) is 1. The van der Waals surface area contributed by atoms with Gasteiger partial charge in [0, 0.05) is 31.7 Å². The molecule has 11 heteroatoms. The van der Waals surface area contributed by atoms with E-state index in [0.717, 1.165) is 31.5 Å². The Balaban J connectivity index is 0.00000253. The van der Waals surface area contributed by atoms with Crippen LogP contribution in [0.4, 0.5) is 4.39 Å². The third-order valence-corrected chi connectivity index (χ3v) is 6.98. The first-order valence-electron chi connectivity index (χ1n) is 11.7. The highest BCUT2D eigenvalue weighted by molar-refractivity contribution is 5.85. The molecule has 2 aromatic heterocycles. The van der Waals surface area contributed by atoms with Crippen molar-refractivity contribution >= 4 is 23.6 Å². The Bertz CT molecular complexity index is 1360. The molecular formula is C24H27ClFN5O4. The molecule has 0 radical (unpaired) electrons. The zero-order valence-corrected chi connectivity index (χ0v) is 19.9. The first kappa shape index (κ1) is 23.8. The lowest BCUT2D eigenvalue weighted by Gasteiger charge is -2.34. The summed E-state index contributed by atoms with van der Waals surface area (Å²) < 4.78 is 28.6. The van der Waals surface area contributed by atoms with Gasteiger partial charge in [-0.3, -0.25) is 18.7 Å². The lowest BCUT2D eigenvalue weighted by Crippen LogP contribution is -2.44. The highest BCUT2D eigenvalue weighted by Crippen LogP contribution is 2.34. The largest absolute Gasteiger partial charge is 0.486 e. The number of piperidine rings is 1. The molecule has 0 bridgehead atoms. The highest BCUT2D eigenvalue weighted by Gasteiger charge is 2.29. The molecule has 3 aliphatic rings. The van der Waals surface area contributed by atoms with Crippen molar-refractivity contribution in [1.82, 2.24) is 24.3 Å². The monoisotopic (exact) mass is 503 g/mol. The average Bonchev–Trinajstić information content (AvgIpc) is 3.24. The standard InChI is InChI=1S/C24H26FN5O4.ClH/c25-18-9-15(10-20-23(18)34-8-7-33-20)11-26-16-3-5-28(6-4-16)13-17-14-29-21(31)2-1-19-24(29)30(17)22(32)12-27-19;/h1-2,9-10,12,16-17,26H,3-8,11,13-14H2;1H/t17-;/m1./s1. The zero-order chi connectivity index (χ0) is 23.2. The molecule has 1 fully saturated rings. The van der Waals surface area contributed by atoms with E-state index in [2.05, 4.69) is 15.2 Å². The lowest BCUT2D eigenvalue weighted by molar-refractivity contribution is 0.163. The summed E-state index contributed by atoms with van der Waals surface area (Å²) in [5, 5.41) is 3.53. The van der Waals surface area contributed by atoms with Gasteiger partial charge in [-0.25, -0.2) is 9.37 Å². The van der Waals surface area contributed by atoms with Crippen LogP contribution in [0.3, 0.4) is 0 Å². The lowest BCUT2D eigenvalue weighted by atomic mass is 10.0. The Labute approximate surface area is 206 Å². The third kappa shape index (κ3) is 4.41. The van der Waals surface area contributed by atoms with Crippen LogP contribution in [0.1, 0.15) is 24.4 Å². The normalized spacial score (nSPS) is 19.6. The molecule has 0 aliphatic carbocycles. The number of hydrogen-bond donors (Lipinski definition) is 1. The van der Waals surface area contributed by atoms with Crippen molar-refractivity contribution in [3.05, 3.63) is 62.6 Å². The Morgan fingerprint density at radius 2 is 1.89 bits per heavy atom. The molecule has 3 aromatic rings. The van der Waals surface area contributed by atoms with Crippen molar-refractivity contribution in [1.29, 1.82) is 0 Å². The van der Waals surface area contributed by atoms with Gasteiger partial charge in [-0.1, -0.05) is 0 Å². The van der Waals surface area contributed by atoms with Gasteiger partial charge in [0.2, 0.25) is 0 Å². The molecule has 35 heavy (non-hydrogen) atoms. The molecule has 1 aromatic carbocycles. The fourth-order valence-corrected chi connectivity index (χ4v) is 5.31. The Kier molecular flexibility index (Phi) is 6.52. The molecule has 3 aliphatic heterocycles. The number of ether oxygens (including phenoxy) is 2. The molecule has 0 unspecified atom stereocenters. The van der Waals surface area contributed by atoms with Crippen LogP contribution in [0.15, 0.2) is 40.1 Å². The molecule has 9 nitrogen and oxygen atoms in total. The minimum absolute atomic E-state index is 0. The number of pyridine rings is 1. The minimum Gasteiger partial charge on any atom is -0.486 e. The van der Waals surface area contributed by atoms with E-state index in [1.54, 1.807) is 15.2 Å². The van der Waals surface area contributed by atoms with Gasteiger partial charge in [0.1, 0.15) is 24.4 Å². The summed E-state index contributed by atoms with van der Waals surface area (Å²) in [6.45, 7) is 4.33. The van der Waals surface area contributed by atoms with E-state index < -0.39 is 0 Å². The van der Waals surface area contributed by atoms with E-state index in [1.165, 1.54) is 18.3 Å². The van der Waals surface area contributed by atoms with Crippen molar-refractivity contribution in [3.63, 3.8) is 0 Å². The summed E-state index contributed by atoms with van der Waals surface area (Å²) in [7, 11) is 0. The quantitative estimate of drug-likeness (QED) is 0.566. The molecule has 0 saturated carbocycles. The second kappa shape index (κ2) is 9.60. The van der Waals surface area contributed by atoms with Gasteiger partial charge in [-0.2, -0.15) is 0 Å². The number of likely N-dealkylation sites (tertiary alicyclic amines) is 1. The highest BCUT2D eigenvalue weighted by atomic mass is 35.5. The Morgan fingerprint density at radius 3 is 2.71 bits per heavy atom. The van der Waals surface area contributed by atoms with Crippen LogP contribution >= 0.6 is 12.4 Å². The van der Waals surface area contributed by atoms with E-state index in [4.69, 9.17) is 9.47 Å². The summed E-state index contributed by atoms with van der Waals surface area (Å²) >= 11 is 0. The number of hydrogen-bond acceptors (Lipinski definition) is 7. The van der Waals surface area contributed by atoms with E-state index in [1.807, 2.05) is 6.07 Å². The summed E-state index contributed by atoms with van der Waals surface area (Å²) in [5.41, 5.74) is 1.85. The van der Waals surface area contributed by atoms with Crippen LogP contribution < -0.4 is 25.9 Å². The van der Waals surface area contributed by atoms with Gasteiger partial charge in [0.05, 0.1) is 12.2 Å². The first-order chi connectivity index (χ1) is 16.6. The van der Waals surface area contributed by atoms with Gasteiger partial charge in [-0.15, -0.1) is 12.4 Å². The smallest absolute Gasteiger partial charge is 0.270 e. The van der Waals surface area contributed by atoms with Gasteiger partial charge in [0.25, 0.3) is 11.1 Å². The molecular weight excluding hydrogens is 477 g/mol. The number of benzene rings is 1. The van der Waals surface area contributed by atoms with E-state index in [-0.39, 0.29) is 41.1 Å². The second-order valence-electron chi connectivity index (χ2n) is 9.17. The number of rotatable bonds is 5. The second-order valence-corrected chi connectivity index (χ2v) is 9.17. The van der Waals surface area contributed by atoms with Crippen molar-refractivity contribution in [3.8, 4) is 11.5 Å². The predicted molar refractivity (Wildman–Crippen MR) is 130 cm³/mol. The molecule has 5 heterocycles. The molecule has 1 saturated heterocycles. The van der Waals surface area contributed by atoms with Crippen molar-refractivity contribution in [2.45, 2.75) is 38.0 Å². The predicted octanol–water partition coefficient (Wildman–Crippen LogP) is 1.70. The van der Waals surface area contributed by atoms with Crippen molar-refractivity contribution in [2.75, 3.05) is 32.8 Å². The molecule has 0 amide bonds. The first-order valence-corrected chi connectivity index (χ1v) is 11.7. The van der Waals surface area contributed by atoms with Crippen LogP contribution in [-0.2, 0) is 13.1 Å².